The quantitative estimate of drug-likeness (QED) is 0.578. The number of aromatic nitrogens is 2. The molecular formula is C10H12N4PtS2. The smallest absolute Gasteiger partial charge is 0.760 e. The first-order valence-corrected chi connectivity index (χ1v) is 5.02. The summed E-state index contributed by atoms with van der Waals surface area (Å²) in [4.78, 5) is 8.45. The summed E-state index contributed by atoms with van der Waals surface area (Å²) in [6.45, 7) is 4.09. The maximum absolute atomic E-state index is 4.98. The number of rotatable bonds is 0. The molecule has 1 heterocycles. The first kappa shape index (κ1) is 19.0. The summed E-state index contributed by atoms with van der Waals surface area (Å²) in [5.74, 6) is 0. The molecule has 0 fully saturated rings. The third-order valence-electron chi connectivity index (χ3n) is 2.22. The van der Waals surface area contributed by atoms with E-state index in [0.29, 0.717) is 10.1 Å². The van der Waals surface area contributed by atoms with E-state index in [0.717, 1.165) is 11.0 Å². The van der Waals surface area contributed by atoms with E-state index in [4.69, 9.17) is 25.3 Å². The zero-order valence-electron chi connectivity index (χ0n) is 9.34. The van der Waals surface area contributed by atoms with Gasteiger partial charge in [0.1, 0.15) is 0 Å². The molecular weight excluding hydrogens is 435 g/mol. The van der Waals surface area contributed by atoms with Crippen LogP contribution in [0, 0.1) is 13.8 Å². The maximum Gasteiger partial charge on any atom is 4.00 e. The molecule has 0 atom stereocenters. The van der Waals surface area contributed by atoms with Gasteiger partial charge in [-0.1, -0.05) is 10.1 Å². The number of aryl methyl sites for hydroxylation is 2. The number of hydrogen-bond donors (Lipinski definition) is 0. The van der Waals surface area contributed by atoms with Gasteiger partial charge in [0.15, 0.2) is 0 Å². The van der Waals surface area contributed by atoms with Crippen LogP contribution in [0.1, 0.15) is 11.1 Å². The predicted octanol–water partition coefficient (Wildman–Crippen LogP) is 3.49. The normalized spacial score (nSPS) is 8.82. The molecule has 2 rings (SSSR count). The minimum Gasteiger partial charge on any atom is -0.760 e. The van der Waals surface area contributed by atoms with Gasteiger partial charge in [-0.3, -0.25) is 9.97 Å². The van der Waals surface area contributed by atoms with Crippen LogP contribution >= 0.6 is 0 Å². The van der Waals surface area contributed by atoms with E-state index in [1.165, 1.54) is 11.1 Å². The molecule has 0 unspecified atom stereocenters. The fourth-order valence-corrected chi connectivity index (χ4v) is 1.57. The van der Waals surface area contributed by atoms with Crippen molar-refractivity contribution in [2.24, 2.45) is 0 Å². The average molecular weight is 447 g/mol. The molecule has 1 aromatic heterocycles. The Morgan fingerprint density at radius 3 is 1.41 bits per heavy atom. The van der Waals surface area contributed by atoms with Crippen LogP contribution in [0.2, 0.25) is 0 Å². The zero-order chi connectivity index (χ0) is 10.3. The number of nitrogens with zero attached hydrogens (tertiary/aromatic N) is 2. The third kappa shape index (κ3) is 3.79. The summed E-state index contributed by atoms with van der Waals surface area (Å²) in [6.07, 6.45) is 0. The molecule has 0 radical (unpaired) electrons. The van der Waals surface area contributed by atoms with Crippen LogP contribution in [0.25, 0.3) is 23.3 Å². The Kier molecular flexibility index (Phi) is 7.96. The van der Waals surface area contributed by atoms with Gasteiger partial charge >= 0.3 is 21.1 Å². The van der Waals surface area contributed by atoms with Crippen molar-refractivity contribution < 1.29 is 21.1 Å². The topological polar surface area (TPSA) is 92.8 Å². The number of hydrogen-bond acceptors (Lipinski definition) is 4. The van der Waals surface area contributed by atoms with Crippen molar-refractivity contribution >= 4 is 36.3 Å². The Balaban J connectivity index is 0. The SMILES string of the molecule is Cc1cc2nc([S-])c([S-])nc2cc1C.[NH2-].[NH2-].[Pt+4]. The second-order valence-electron chi connectivity index (χ2n) is 3.26. The molecule has 1 aromatic carbocycles. The third-order valence-corrected chi connectivity index (χ3v) is 2.92. The minimum atomic E-state index is 0. The van der Waals surface area contributed by atoms with Crippen LogP contribution < -0.4 is 0 Å². The molecule has 0 spiro atoms. The molecule has 4 nitrogen and oxygen atoms in total. The van der Waals surface area contributed by atoms with Gasteiger partial charge in [-0.2, -0.15) is 0 Å². The summed E-state index contributed by atoms with van der Waals surface area (Å²) in [5.41, 5.74) is 4.04. The Bertz CT molecular complexity index is 430. The van der Waals surface area contributed by atoms with Gasteiger partial charge in [0.05, 0.1) is 11.0 Å². The van der Waals surface area contributed by atoms with Crippen molar-refractivity contribution in [3.05, 3.63) is 35.6 Å². The van der Waals surface area contributed by atoms with Gasteiger partial charge in [0.2, 0.25) is 0 Å². The Morgan fingerprint density at radius 2 is 1.12 bits per heavy atom. The summed E-state index contributed by atoms with van der Waals surface area (Å²) in [5, 5.41) is 0.825. The number of nitrogens with two attached hydrogens (primary N) is 2. The maximum atomic E-state index is 4.98. The van der Waals surface area contributed by atoms with Gasteiger partial charge in [0, 0.05) is 0 Å². The minimum absolute atomic E-state index is 0. The largest absolute Gasteiger partial charge is 4.00 e. The molecule has 0 aliphatic rings. The van der Waals surface area contributed by atoms with Gasteiger partial charge < -0.3 is 37.6 Å². The van der Waals surface area contributed by atoms with Crippen molar-refractivity contribution in [3.63, 3.8) is 0 Å². The second kappa shape index (κ2) is 7.13. The van der Waals surface area contributed by atoms with Gasteiger partial charge in [0.25, 0.3) is 0 Å². The van der Waals surface area contributed by atoms with Crippen molar-refractivity contribution in [1.29, 1.82) is 0 Å². The molecule has 0 saturated heterocycles. The van der Waals surface area contributed by atoms with Gasteiger partial charge in [-0.05, 0) is 37.1 Å². The number of fused-ring (bicyclic) bond motifs is 1. The standard InChI is InChI=1S/C10H10N2S2.2H2N.Pt/c1-5-3-7-8(4-6(5)2)12-10(14)9(13)11-7;;;/h3-4H,1-2H3,(H,11,13)(H,12,14);2*1H2;/q;2*-1;+4/p-2. The van der Waals surface area contributed by atoms with E-state index in [1.807, 2.05) is 26.0 Å². The Hall–Kier alpha value is -0.392. The van der Waals surface area contributed by atoms with Crippen molar-refractivity contribution in [3.8, 4) is 0 Å². The average Bonchev–Trinajstić information content (AvgIpc) is 2.11. The van der Waals surface area contributed by atoms with Crippen LogP contribution in [0.4, 0.5) is 0 Å². The Labute approximate surface area is 126 Å². The predicted molar refractivity (Wildman–Crippen MR) is 70.8 cm³/mol. The van der Waals surface area contributed by atoms with E-state index >= 15 is 0 Å². The summed E-state index contributed by atoms with van der Waals surface area (Å²) >= 11 is 9.96. The summed E-state index contributed by atoms with van der Waals surface area (Å²) in [6, 6.07) is 3.98. The van der Waals surface area contributed by atoms with E-state index < -0.39 is 0 Å². The van der Waals surface area contributed by atoms with Crippen LogP contribution in [-0.2, 0) is 46.3 Å². The van der Waals surface area contributed by atoms with Crippen molar-refractivity contribution in [2.45, 2.75) is 23.9 Å². The Morgan fingerprint density at radius 1 is 0.824 bits per heavy atom. The molecule has 0 amide bonds. The number of benzene rings is 1. The molecule has 0 bridgehead atoms. The molecule has 7 heteroatoms. The van der Waals surface area contributed by atoms with Crippen molar-refractivity contribution in [2.75, 3.05) is 0 Å². The van der Waals surface area contributed by atoms with Crippen molar-refractivity contribution in [1.82, 2.24) is 9.97 Å². The van der Waals surface area contributed by atoms with E-state index in [1.54, 1.807) is 0 Å². The van der Waals surface area contributed by atoms with Crippen LogP contribution in [0.15, 0.2) is 22.2 Å². The van der Waals surface area contributed by atoms with Crippen LogP contribution in [0.3, 0.4) is 0 Å². The van der Waals surface area contributed by atoms with E-state index in [9.17, 15) is 0 Å². The zero-order valence-corrected chi connectivity index (χ0v) is 13.2. The molecule has 4 N–H and O–H groups in total. The fraction of sp³-hybridized carbons (Fsp3) is 0.200. The fourth-order valence-electron chi connectivity index (χ4n) is 1.28. The molecule has 0 saturated carbocycles. The molecule has 0 aliphatic heterocycles. The van der Waals surface area contributed by atoms with Gasteiger partial charge in [-0.25, -0.2) is 0 Å². The second-order valence-corrected chi connectivity index (χ2v) is 4.03. The summed E-state index contributed by atoms with van der Waals surface area (Å²) in [7, 11) is 0. The van der Waals surface area contributed by atoms with Gasteiger partial charge in [-0.15, -0.1) is 0 Å². The van der Waals surface area contributed by atoms with E-state index in [-0.39, 0.29) is 33.4 Å². The first-order chi connectivity index (χ1) is 6.58. The molecule has 2 aromatic rings. The molecule has 0 aliphatic carbocycles. The molecule has 17 heavy (non-hydrogen) atoms. The van der Waals surface area contributed by atoms with Crippen LogP contribution in [0.5, 0.6) is 0 Å². The molecule has 94 valence electrons. The van der Waals surface area contributed by atoms with Crippen LogP contribution in [-0.4, -0.2) is 9.97 Å². The summed E-state index contributed by atoms with van der Waals surface area (Å²) < 4.78 is 0. The first-order valence-electron chi connectivity index (χ1n) is 4.21. The van der Waals surface area contributed by atoms with E-state index in [2.05, 4.69) is 9.97 Å². The monoisotopic (exact) mass is 447 g/mol.